The number of carbonyl (C=O) groups excluding carboxylic acids is 12. The molecule has 3 heterocycles. The molecule has 10 atom stereocenters. The van der Waals surface area contributed by atoms with Gasteiger partial charge in [0.1, 0.15) is 71.1 Å². The van der Waals surface area contributed by atoms with Gasteiger partial charge in [-0.2, -0.15) is 26.3 Å². The van der Waals surface area contributed by atoms with Crippen LogP contribution in [0.1, 0.15) is 154 Å². The van der Waals surface area contributed by atoms with Gasteiger partial charge < -0.3 is 69.5 Å². The van der Waals surface area contributed by atoms with E-state index < -0.39 is 229 Å². The van der Waals surface area contributed by atoms with Gasteiger partial charge >= 0.3 is 12.4 Å². The van der Waals surface area contributed by atoms with Crippen molar-refractivity contribution in [1.82, 2.24) is 60.0 Å². The Morgan fingerprint density at radius 3 is 1.85 bits per heavy atom. The third-order valence-corrected chi connectivity index (χ3v) is 22.6. The number of amides is 12. The summed E-state index contributed by atoms with van der Waals surface area (Å²) in [5.41, 5.74) is -5.11. The summed E-state index contributed by atoms with van der Waals surface area (Å²) >= 11 is 0. The second-order valence-electron chi connectivity index (χ2n) is 31.5. The van der Waals surface area contributed by atoms with E-state index in [4.69, 9.17) is 9.47 Å². The maximum atomic E-state index is 15.8. The molecule has 114 heavy (non-hydrogen) atoms. The van der Waals surface area contributed by atoms with Crippen LogP contribution in [0.2, 0.25) is 0 Å². The molecular formula is C80H112F8N12O14. The van der Waals surface area contributed by atoms with Gasteiger partial charge in [-0.05, 0) is 131 Å². The van der Waals surface area contributed by atoms with E-state index in [1.165, 1.54) is 58.0 Å². The quantitative estimate of drug-likeness (QED) is 0.103. The number of aryl methyl sites for hydroxylation is 1. The fourth-order valence-corrected chi connectivity index (χ4v) is 15.7. The first kappa shape index (κ1) is 92.1. The molecule has 2 aliphatic carbocycles. The van der Waals surface area contributed by atoms with Gasteiger partial charge in [-0.15, -0.1) is 6.58 Å². The predicted octanol–water partition coefficient (Wildman–Crippen LogP) is 6.70. The molecule has 3 saturated heterocycles. The number of ether oxygens (including phenoxy) is 2. The largest absolute Gasteiger partial charge is 0.422 e. The number of hydrogen-bond donors (Lipinski definition) is 3. The van der Waals surface area contributed by atoms with Crippen molar-refractivity contribution in [2.75, 3.05) is 101 Å². The molecule has 2 aromatic rings. The van der Waals surface area contributed by atoms with Crippen molar-refractivity contribution in [1.29, 1.82) is 0 Å². The summed E-state index contributed by atoms with van der Waals surface area (Å²) in [4.78, 5) is 193. The molecule has 0 radical (unpaired) electrons. The minimum atomic E-state index is -5.47. The van der Waals surface area contributed by atoms with Crippen molar-refractivity contribution >= 4 is 70.9 Å². The smallest absolute Gasteiger partial charge is 0.378 e. The summed E-state index contributed by atoms with van der Waals surface area (Å²) in [5, 5.41) is 8.30. The van der Waals surface area contributed by atoms with E-state index in [2.05, 4.69) is 29.1 Å². The molecule has 26 nitrogen and oxygen atoms in total. The number of nitrogens with zero attached hydrogens (tertiary/aromatic N) is 9. The number of likely N-dealkylation sites (N-methyl/N-ethyl adjacent to an activating group) is 6. The van der Waals surface area contributed by atoms with Crippen LogP contribution in [0.25, 0.3) is 0 Å². The number of carbonyl (C=O) groups is 12. The highest BCUT2D eigenvalue weighted by Crippen LogP contribution is 2.40. The number of allylic oxidation sites excluding steroid dienone is 1. The lowest BCUT2D eigenvalue weighted by molar-refractivity contribution is -0.159. The second kappa shape index (κ2) is 40.0. The van der Waals surface area contributed by atoms with Crippen LogP contribution in [0, 0.1) is 29.4 Å². The molecular weight excluding hydrogens is 1500 g/mol. The van der Waals surface area contributed by atoms with Crippen molar-refractivity contribution in [3.63, 3.8) is 0 Å². The molecule has 34 heteroatoms. The van der Waals surface area contributed by atoms with Gasteiger partial charge in [-0.1, -0.05) is 77.3 Å². The normalized spacial score (nSPS) is 25.3. The number of hydrogen-bond acceptors (Lipinski definition) is 14. The van der Waals surface area contributed by atoms with Gasteiger partial charge in [0.15, 0.2) is 0 Å². The van der Waals surface area contributed by atoms with Crippen molar-refractivity contribution in [2.24, 2.45) is 17.8 Å². The van der Waals surface area contributed by atoms with Crippen LogP contribution in [-0.2, 0) is 92.2 Å². The van der Waals surface area contributed by atoms with E-state index in [1.54, 1.807) is 34.6 Å². The minimum absolute atomic E-state index is 0.0219. The maximum Gasteiger partial charge on any atom is 0.422 e. The zero-order valence-corrected chi connectivity index (χ0v) is 67.3. The summed E-state index contributed by atoms with van der Waals surface area (Å²) < 4.78 is 126. The summed E-state index contributed by atoms with van der Waals surface area (Å²) in [7, 11) is 7.80. The first-order valence-corrected chi connectivity index (χ1v) is 39.0. The number of fused-ring (bicyclic) bond motifs is 1. The fourth-order valence-electron chi connectivity index (χ4n) is 15.7. The van der Waals surface area contributed by atoms with Crippen molar-refractivity contribution < 1.29 is 102 Å². The highest BCUT2D eigenvalue weighted by atomic mass is 19.4. The Labute approximate surface area is 661 Å². The lowest BCUT2D eigenvalue weighted by Crippen LogP contribution is -2.68. The van der Waals surface area contributed by atoms with Crippen molar-refractivity contribution in [2.45, 2.75) is 217 Å². The molecule has 2 aromatic carbocycles. The van der Waals surface area contributed by atoms with E-state index >= 15 is 51.9 Å². The molecule has 5 aliphatic rings. The number of morpholine rings is 1. The van der Waals surface area contributed by atoms with E-state index in [1.807, 2.05) is 0 Å². The average molecular weight is 1620 g/mol. The van der Waals surface area contributed by atoms with Crippen molar-refractivity contribution in [3.05, 3.63) is 95.1 Å². The molecule has 1 unspecified atom stereocenters. The zero-order chi connectivity index (χ0) is 84.8. The van der Waals surface area contributed by atoms with Gasteiger partial charge in [0, 0.05) is 87.9 Å². The topological polar surface area (TPSA) is 289 Å². The summed E-state index contributed by atoms with van der Waals surface area (Å²) in [6.45, 7) is 15.9. The monoisotopic (exact) mass is 1620 g/mol. The molecule has 3 aliphatic heterocycles. The van der Waals surface area contributed by atoms with Gasteiger partial charge in [0.25, 0.3) is 0 Å². The Hall–Kier alpha value is -9.08. The SMILES string of the molecule is C=CCC[C@H]1C(=O)N(CC(=C)C)[C@@H](Cc2ccc(C(F)(F)F)cc2)C(=O)N(C)CC(=O)N[C@@H](CCc2cc(F)c(C(F)(F)F)c(F)c2)C(=O)N2C[C@H](OCC)CC2C(=O)NC2(CCC2)C(=O)N(C)[C@@H](C2CCCC2)C(=O)N(C)[C@H](C(=O)N2CCOCC2)CC(=O)N(C)[C@@H](CC(C)C)C(=O)N[C@@H]([C@@H](C)CC)C(=O)N(C)CC(=O)N1C. The molecule has 0 bridgehead atoms. The number of alkyl halides is 6. The fraction of sp³-hybridized carbons (Fsp3) is 0.650. The van der Waals surface area contributed by atoms with Gasteiger partial charge in [-0.3, -0.25) is 57.5 Å². The van der Waals surface area contributed by atoms with E-state index in [0.29, 0.717) is 50.7 Å². The van der Waals surface area contributed by atoms with Crippen LogP contribution < -0.4 is 16.0 Å². The highest BCUT2D eigenvalue weighted by molar-refractivity contribution is 6.01. The zero-order valence-electron chi connectivity index (χ0n) is 67.3. The molecule has 0 aromatic heterocycles. The second-order valence-corrected chi connectivity index (χ2v) is 31.5. The van der Waals surface area contributed by atoms with Crippen LogP contribution in [0.15, 0.2) is 61.2 Å². The summed E-state index contributed by atoms with van der Waals surface area (Å²) in [6.07, 6.45) is -9.65. The van der Waals surface area contributed by atoms with E-state index in [0.717, 1.165) is 65.6 Å². The van der Waals surface area contributed by atoms with Crippen LogP contribution in [0.3, 0.4) is 0 Å². The molecule has 2 saturated carbocycles. The molecule has 1 spiro atoms. The van der Waals surface area contributed by atoms with Gasteiger partial charge in [0.2, 0.25) is 70.9 Å². The van der Waals surface area contributed by atoms with Crippen LogP contribution in [0.4, 0.5) is 35.1 Å². The van der Waals surface area contributed by atoms with Gasteiger partial charge in [0.05, 0.1) is 44.4 Å². The first-order chi connectivity index (χ1) is 53.5. The molecule has 3 N–H and O–H groups in total. The molecule has 5 fully saturated rings. The Balaban J connectivity index is 1.39. The Kier molecular flexibility index (Phi) is 32.3. The standard InChI is InChI=1S/C80H112F8N12O14/c1-15-18-24-58-74(109)99(43-48(6)7)62(40-50-25-28-53(29-26-50)79(83,84)85)72(107)92(9)45-63(101)89-57(30-27-51-38-55(81)66(56(82)39-51)80(86,87)88)71(106)100-44-54(114-17-3)41-60(100)70(105)91-78(31-21-32-78)77(112)97(14)68(52-22-19-20-23-52)76(111)96(13)61(73(108)98-33-35-113-36-34-98)42-64(102)95(12)59(37-47(4)5)69(104)90-67(49(8)16-2)75(110)93(10)46-65(103)94(58)11/h15,25-26,28-29,38-39,47,49,52,54,57-62,67-68H,1,6,16-24,27,30-37,40-46H2,2-5,7-14H3,(H,89,101)(H,90,104)(H,91,105)/t49-,54+,57-,58-,59-,60?,61-,62-,67-,68-/m0/s1. The Morgan fingerprint density at radius 1 is 0.702 bits per heavy atom. The number of benzene rings is 2. The first-order valence-electron chi connectivity index (χ1n) is 39.0. The highest BCUT2D eigenvalue weighted by Gasteiger charge is 2.54. The van der Waals surface area contributed by atoms with E-state index in [9.17, 15) is 40.7 Å². The number of nitrogens with one attached hydrogen (secondary N) is 3. The average Bonchev–Trinajstić information content (AvgIpc) is 1.25. The number of rotatable bonds is 18. The van der Waals surface area contributed by atoms with Crippen LogP contribution >= 0.6 is 0 Å². The van der Waals surface area contributed by atoms with Crippen molar-refractivity contribution in [3.8, 4) is 0 Å². The molecule has 632 valence electrons. The molecule has 7 rings (SSSR count). The minimum Gasteiger partial charge on any atom is -0.378 e. The Bertz CT molecular complexity index is 3810. The van der Waals surface area contributed by atoms with Crippen LogP contribution in [-0.4, -0.2) is 276 Å². The third-order valence-electron chi connectivity index (χ3n) is 22.6. The van der Waals surface area contributed by atoms with E-state index in [-0.39, 0.29) is 95.0 Å². The lowest BCUT2D eigenvalue weighted by atomic mass is 9.74. The van der Waals surface area contributed by atoms with Gasteiger partial charge in [-0.25, -0.2) is 8.78 Å². The number of halogens is 8. The summed E-state index contributed by atoms with van der Waals surface area (Å²) in [5.74, 6) is -15.7. The van der Waals surface area contributed by atoms with Crippen LogP contribution in [0.5, 0.6) is 0 Å². The Morgan fingerprint density at radius 2 is 1.31 bits per heavy atom. The molecule has 12 amide bonds. The lowest BCUT2D eigenvalue weighted by Gasteiger charge is -2.47. The summed E-state index contributed by atoms with van der Waals surface area (Å²) in [6, 6.07) is -7.74. The third kappa shape index (κ3) is 22.7. The predicted molar refractivity (Wildman–Crippen MR) is 403 cm³/mol. The maximum absolute atomic E-state index is 15.8.